The van der Waals surface area contributed by atoms with E-state index in [1.54, 1.807) is 49.4 Å². The minimum atomic E-state index is -5.45. The fraction of sp³-hybridized carbons (Fsp3) is 0.304. The van der Waals surface area contributed by atoms with E-state index in [1.807, 2.05) is 12.3 Å². The Morgan fingerprint density at radius 2 is 1.45 bits per heavy atom. The Morgan fingerprint density at radius 3 is 2.19 bits per heavy atom. The molecule has 0 nitrogen and oxygen atoms in total. The summed E-state index contributed by atoms with van der Waals surface area (Å²) in [6, 6.07) is 13.5. The molecule has 6 rings (SSSR count). The van der Waals surface area contributed by atoms with Crippen molar-refractivity contribution in [1.82, 2.24) is 0 Å². The number of benzene rings is 2. The summed E-state index contributed by atoms with van der Waals surface area (Å²) in [5.41, 5.74) is 0.366. The molecule has 0 N–H and O–H groups in total. The number of rotatable bonds is 0. The molecule has 3 aliphatic rings. The van der Waals surface area contributed by atoms with E-state index < -0.39 is 39.6 Å². The first-order valence-electron chi connectivity index (χ1n) is 9.71. The third kappa shape index (κ3) is 1.91. The molecular weight excluding hydrogens is 454 g/mol. The van der Waals surface area contributed by atoms with Crippen molar-refractivity contribution in [3.8, 4) is 0 Å². The molecule has 1 aromatic heterocycles. The van der Waals surface area contributed by atoms with Gasteiger partial charge in [-0.3, -0.25) is 0 Å². The van der Waals surface area contributed by atoms with Crippen LogP contribution in [-0.4, -0.2) is 24.0 Å². The van der Waals surface area contributed by atoms with Gasteiger partial charge in [0.15, 0.2) is 0 Å². The van der Waals surface area contributed by atoms with Crippen molar-refractivity contribution in [2.24, 2.45) is 5.92 Å². The molecule has 3 heterocycles. The zero-order valence-corrected chi connectivity index (χ0v) is 18.0. The molecule has 1 fully saturated rings. The SMILES string of the molecule is CC1=C2c3ccccc3S1(C)c1sc3ccccc3c1C1C2C(F)(F)C(F)(F)C1(F)F. The van der Waals surface area contributed by atoms with Gasteiger partial charge in [0.05, 0.1) is 16.0 Å². The van der Waals surface area contributed by atoms with Gasteiger partial charge < -0.3 is 0 Å². The molecule has 2 aliphatic heterocycles. The van der Waals surface area contributed by atoms with Gasteiger partial charge in [-0.05, 0) is 52.3 Å². The van der Waals surface area contributed by atoms with Gasteiger partial charge in [-0.2, -0.15) is 36.4 Å². The van der Waals surface area contributed by atoms with Gasteiger partial charge in [-0.15, -0.1) is 11.3 Å². The van der Waals surface area contributed by atoms with E-state index in [-0.39, 0.29) is 11.1 Å². The molecule has 0 amide bonds. The molecule has 1 saturated carbocycles. The predicted molar refractivity (Wildman–Crippen MR) is 112 cm³/mol. The highest BCUT2D eigenvalue weighted by atomic mass is 32.3. The van der Waals surface area contributed by atoms with Crippen LogP contribution in [-0.2, 0) is 0 Å². The van der Waals surface area contributed by atoms with Crippen molar-refractivity contribution in [2.75, 3.05) is 6.26 Å². The van der Waals surface area contributed by atoms with Gasteiger partial charge in [0.1, 0.15) is 0 Å². The highest BCUT2D eigenvalue weighted by Gasteiger charge is 2.86. The second-order valence-electron chi connectivity index (χ2n) is 8.46. The molecule has 8 heteroatoms. The number of hydrogen-bond acceptors (Lipinski definition) is 1. The van der Waals surface area contributed by atoms with Crippen LogP contribution in [0.2, 0.25) is 0 Å². The zero-order valence-electron chi connectivity index (χ0n) is 16.4. The average Bonchev–Trinajstić information content (AvgIpc) is 3.20. The Kier molecular flexibility index (Phi) is 3.51. The Hall–Kier alpha value is -1.93. The van der Waals surface area contributed by atoms with Crippen molar-refractivity contribution in [2.45, 2.75) is 39.7 Å². The van der Waals surface area contributed by atoms with E-state index in [0.29, 0.717) is 24.8 Å². The lowest BCUT2D eigenvalue weighted by Crippen LogP contribution is -2.48. The van der Waals surface area contributed by atoms with E-state index >= 15 is 17.6 Å². The highest BCUT2D eigenvalue weighted by Crippen LogP contribution is 2.82. The smallest absolute Gasteiger partial charge is 0.199 e. The summed E-state index contributed by atoms with van der Waals surface area (Å²) in [6.07, 6.45) is 1.91. The fourth-order valence-electron chi connectivity index (χ4n) is 5.61. The molecule has 3 atom stereocenters. The molecule has 162 valence electrons. The Morgan fingerprint density at radius 1 is 0.839 bits per heavy atom. The van der Waals surface area contributed by atoms with Crippen LogP contribution in [0.15, 0.2) is 62.5 Å². The second kappa shape index (κ2) is 5.52. The van der Waals surface area contributed by atoms with Crippen molar-refractivity contribution in [3.05, 3.63) is 64.6 Å². The number of allylic oxidation sites excluding steroid dienone is 2. The van der Waals surface area contributed by atoms with Crippen LogP contribution < -0.4 is 0 Å². The largest absolute Gasteiger partial charge is 0.373 e. The Labute approximate surface area is 179 Å². The Bertz CT molecular complexity index is 1320. The average molecular weight is 471 g/mol. The van der Waals surface area contributed by atoms with E-state index in [4.69, 9.17) is 0 Å². The van der Waals surface area contributed by atoms with Gasteiger partial charge in [-0.25, -0.2) is 0 Å². The zero-order chi connectivity index (χ0) is 22.1. The number of halogens is 6. The summed E-state index contributed by atoms with van der Waals surface area (Å²) < 4.78 is 92.0. The van der Waals surface area contributed by atoms with Crippen molar-refractivity contribution < 1.29 is 26.3 Å². The third-order valence-electron chi connectivity index (χ3n) is 7.15. The van der Waals surface area contributed by atoms with E-state index in [9.17, 15) is 8.78 Å². The minimum Gasteiger partial charge on any atom is -0.199 e. The lowest BCUT2D eigenvalue weighted by Gasteiger charge is -2.36. The maximum atomic E-state index is 15.3. The number of hydrogen-bond donors (Lipinski definition) is 0. The molecule has 0 radical (unpaired) electrons. The summed E-state index contributed by atoms with van der Waals surface area (Å²) >= 11 is 1.27. The van der Waals surface area contributed by atoms with Crippen LogP contribution in [0.4, 0.5) is 26.3 Å². The maximum absolute atomic E-state index is 15.3. The van der Waals surface area contributed by atoms with E-state index in [0.717, 1.165) is 4.90 Å². The van der Waals surface area contributed by atoms with Crippen LogP contribution in [0.5, 0.6) is 0 Å². The predicted octanol–water partition coefficient (Wildman–Crippen LogP) is 8.13. The maximum Gasteiger partial charge on any atom is 0.373 e. The molecule has 2 bridgehead atoms. The molecule has 2 aromatic carbocycles. The van der Waals surface area contributed by atoms with Crippen molar-refractivity contribution in [3.63, 3.8) is 0 Å². The van der Waals surface area contributed by atoms with Gasteiger partial charge in [-0.1, -0.05) is 36.4 Å². The molecule has 0 saturated heterocycles. The van der Waals surface area contributed by atoms with Crippen LogP contribution >= 0.6 is 21.4 Å². The first kappa shape index (κ1) is 19.7. The molecule has 1 aliphatic carbocycles. The number of thiophene rings is 1. The Balaban J connectivity index is 1.85. The quantitative estimate of drug-likeness (QED) is 0.291. The van der Waals surface area contributed by atoms with Gasteiger partial charge in [0.2, 0.25) is 0 Å². The second-order valence-corrected chi connectivity index (χ2v) is 13.1. The minimum absolute atomic E-state index is 0.0196. The first-order valence-corrected chi connectivity index (χ1v) is 12.6. The van der Waals surface area contributed by atoms with Gasteiger partial charge >= 0.3 is 17.8 Å². The van der Waals surface area contributed by atoms with Crippen LogP contribution in [0.25, 0.3) is 15.7 Å². The van der Waals surface area contributed by atoms with Crippen LogP contribution in [0.1, 0.15) is 24.0 Å². The van der Waals surface area contributed by atoms with Crippen molar-refractivity contribution in [1.29, 1.82) is 0 Å². The molecule has 0 spiro atoms. The standard InChI is InChI=1S/C23H16F6S2/c1-11-16-13-8-4-6-10-15(13)31(11,2)20-17(12-7-3-5-9-14(12)30-20)19-18(16)21(24,25)23(28,29)22(19,26)27/h3-10,18-19H,1-2H3. The normalized spacial score (nSPS) is 33.4. The molecule has 3 aromatic rings. The lowest BCUT2D eigenvalue weighted by atomic mass is 9.78. The van der Waals surface area contributed by atoms with Crippen LogP contribution in [0, 0.1) is 5.92 Å². The van der Waals surface area contributed by atoms with Gasteiger partial charge in [0, 0.05) is 9.60 Å². The molecule has 31 heavy (non-hydrogen) atoms. The lowest BCUT2D eigenvalue weighted by molar-refractivity contribution is -0.276. The monoisotopic (exact) mass is 470 g/mol. The van der Waals surface area contributed by atoms with Crippen LogP contribution in [0.3, 0.4) is 0 Å². The summed E-state index contributed by atoms with van der Waals surface area (Å²) in [5, 5.41) is 0.373. The molecule has 3 unspecified atom stereocenters. The third-order valence-corrected chi connectivity index (χ3v) is 13.0. The number of fused-ring (bicyclic) bond motifs is 7. The van der Waals surface area contributed by atoms with E-state index in [1.165, 1.54) is 11.3 Å². The number of alkyl halides is 6. The highest BCUT2D eigenvalue weighted by molar-refractivity contribution is 8.37. The summed E-state index contributed by atoms with van der Waals surface area (Å²) in [6.45, 7) is 1.66. The summed E-state index contributed by atoms with van der Waals surface area (Å²) in [4.78, 5) is 1.31. The van der Waals surface area contributed by atoms with E-state index in [2.05, 4.69) is 0 Å². The first-order chi connectivity index (χ1) is 14.5. The van der Waals surface area contributed by atoms with Crippen molar-refractivity contribution >= 4 is 37.0 Å². The van der Waals surface area contributed by atoms with Gasteiger partial charge in [0.25, 0.3) is 0 Å². The molecular formula is C23H16F6S2. The topological polar surface area (TPSA) is 0 Å². The summed E-state index contributed by atoms with van der Waals surface area (Å²) in [5.74, 6) is -19.8. The fourth-order valence-corrected chi connectivity index (χ4v) is 11.3. The summed E-state index contributed by atoms with van der Waals surface area (Å²) in [7, 11) is -2.09.